The number of carbonyl (C=O) groups excluding carboxylic acids is 2. The first-order valence-electron chi connectivity index (χ1n) is 12.2. The minimum absolute atomic E-state index is 0.0807. The summed E-state index contributed by atoms with van der Waals surface area (Å²) < 4.78 is 21.3. The van der Waals surface area contributed by atoms with Crippen LogP contribution in [0.2, 0.25) is 0 Å². The van der Waals surface area contributed by atoms with Crippen LogP contribution in [0.25, 0.3) is 0 Å². The van der Waals surface area contributed by atoms with Gasteiger partial charge in [-0.15, -0.1) is 0 Å². The Hall–Kier alpha value is -3.46. The monoisotopic (exact) mass is 499 g/mol. The van der Waals surface area contributed by atoms with Crippen molar-refractivity contribution >= 4 is 23.2 Å². The molecule has 2 aromatic rings. The molecule has 0 spiro atoms. The summed E-state index contributed by atoms with van der Waals surface area (Å²) in [6.45, 7) is 2.35. The van der Waals surface area contributed by atoms with Crippen molar-refractivity contribution in [1.82, 2.24) is 4.90 Å². The molecule has 0 bridgehead atoms. The third kappa shape index (κ3) is 7.04. The third-order valence-electron chi connectivity index (χ3n) is 6.59. The van der Waals surface area contributed by atoms with Crippen molar-refractivity contribution in [1.29, 1.82) is 0 Å². The average Bonchev–Trinajstić information content (AvgIpc) is 2.89. The van der Waals surface area contributed by atoms with E-state index in [4.69, 9.17) is 18.9 Å². The fraction of sp³-hybridized carbons (Fsp3) is 0.481. The van der Waals surface area contributed by atoms with Gasteiger partial charge in [0.05, 0.1) is 52.9 Å². The molecule has 0 heterocycles. The van der Waals surface area contributed by atoms with E-state index in [0.29, 0.717) is 40.3 Å². The number of amides is 2. The fourth-order valence-electron chi connectivity index (χ4n) is 4.68. The van der Waals surface area contributed by atoms with Crippen LogP contribution in [-0.4, -0.2) is 64.3 Å². The molecule has 0 unspecified atom stereocenters. The van der Waals surface area contributed by atoms with Gasteiger partial charge in [-0.3, -0.25) is 14.5 Å². The van der Waals surface area contributed by atoms with Crippen molar-refractivity contribution in [3.05, 3.63) is 36.4 Å². The molecule has 1 aliphatic carbocycles. The lowest BCUT2D eigenvalue weighted by atomic mass is 9.85. The number of benzene rings is 2. The number of nitrogens with one attached hydrogen (secondary N) is 2. The van der Waals surface area contributed by atoms with Crippen LogP contribution in [0.1, 0.15) is 32.6 Å². The van der Waals surface area contributed by atoms with Gasteiger partial charge in [0.1, 0.15) is 23.0 Å². The maximum atomic E-state index is 13.1. The van der Waals surface area contributed by atoms with E-state index in [1.54, 1.807) is 50.6 Å². The summed E-state index contributed by atoms with van der Waals surface area (Å²) in [5.41, 5.74) is 1.10. The highest BCUT2D eigenvalue weighted by atomic mass is 16.5. The first-order valence-corrected chi connectivity index (χ1v) is 12.2. The molecule has 2 N–H and O–H groups in total. The second kappa shape index (κ2) is 13.0. The Labute approximate surface area is 213 Å². The Kier molecular flexibility index (Phi) is 9.81. The lowest BCUT2D eigenvalue weighted by Gasteiger charge is -2.38. The summed E-state index contributed by atoms with van der Waals surface area (Å²) in [5.74, 6) is 2.22. The zero-order valence-electron chi connectivity index (χ0n) is 21.8. The standard InChI is InChI=1S/C27H37N3O6/c1-18-8-6-7-9-23(18)30(16-26(31)28-21-12-10-19(33-2)14-24(21)35-4)17-27(32)29-22-13-11-20(34-3)15-25(22)36-5/h10-15,18,23H,6-9,16-17H2,1-5H3,(H,28,31)(H,29,32)/t18-,23+/m1/s1. The first kappa shape index (κ1) is 27.1. The number of hydrogen-bond acceptors (Lipinski definition) is 7. The molecule has 36 heavy (non-hydrogen) atoms. The number of rotatable bonds is 11. The Balaban J connectivity index is 1.74. The average molecular weight is 500 g/mol. The van der Waals surface area contributed by atoms with Gasteiger partial charge in [-0.1, -0.05) is 19.8 Å². The fourth-order valence-corrected chi connectivity index (χ4v) is 4.68. The SMILES string of the molecule is COc1ccc(NC(=O)CN(CC(=O)Nc2ccc(OC)cc2OC)[C@H]2CCCC[C@H]2C)c(OC)c1. The van der Waals surface area contributed by atoms with Crippen molar-refractivity contribution in [3.8, 4) is 23.0 Å². The topological polar surface area (TPSA) is 98.4 Å². The van der Waals surface area contributed by atoms with E-state index >= 15 is 0 Å². The minimum atomic E-state index is -0.217. The molecule has 3 rings (SSSR count). The lowest BCUT2D eigenvalue weighted by molar-refractivity contribution is -0.121. The maximum Gasteiger partial charge on any atom is 0.238 e. The number of methoxy groups -OCH3 is 4. The zero-order valence-corrected chi connectivity index (χ0v) is 21.8. The molecule has 2 aromatic carbocycles. The van der Waals surface area contributed by atoms with Crippen LogP contribution in [0.5, 0.6) is 23.0 Å². The van der Waals surface area contributed by atoms with Crippen LogP contribution >= 0.6 is 0 Å². The van der Waals surface area contributed by atoms with Gasteiger partial charge in [0.25, 0.3) is 0 Å². The molecule has 1 fully saturated rings. The molecule has 2 atom stereocenters. The number of anilines is 2. The quantitative estimate of drug-likeness (QED) is 0.479. The highest BCUT2D eigenvalue weighted by Crippen LogP contribution is 2.31. The molecule has 1 saturated carbocycles. The van der Waals surface area contributed by atoms with E-state index in [2.05, 4.69) is 17.6 Å². The Morgan fingerprint density at radius 3 is 1.67 bits per heavy atom. The predicted octanol–water partition coefficient (Wildman–Crippen LogP) is 4.18. The lowest BCUT2D eigenvalue weighted by Crippen LogP contribution is -2.48. The molecule has 9 nitrogen and oxygen atoms in total. The Morgan fingerprint density at radius 2 is 1.25 bits per heavy atom. The highest BCUT2D eigenvalue weighted by molar-refractivity contribution is 5.96. The predicted molar refractivity (Wildman–Crippen MR) is 139 cm³/mol. The maximum absolute atomic E-state index is 13.1. The van der Waals surface area contributed by atoms with Crippen molar-refractivity contribution in [2.45, 2.75) is 38.6 Å². The number of ether oxygens (including phenoxy) is 4. The highest BCUT2D eigenvalue weighted by Gasteiger charge is 2.30. The Bertz CT molecular complexity index is 973. The summed E-state index contributed by atoms with van der Waals surface area (Å²) in [6.07, 6.45) is 4.26. The van der Waals surface area contributed by atoms with Gasteiger partial charge >= 0.3 is 0 Å². The number of nitrogens with zero attached hydrogens (tertiary/aromatic N) is 1. The van der Waals surface area contributed by atoms with E-state index in [0.717, 1.165) is 25.7 Å². The molecule has 0 radical (unpaired) electrons. The molecular formula is C27H37N3O6. The van der Waals surface area contributed by atoms with E-state index in [-0.39, 0.29) is 30.9 Å². The van der Waals surface area contributed by atoms with Gasteiger partial charge in [-0.25, -0.2) is 0 Å². The largest absolute Gasteiger partial charge is 0.497 e. The van der Waals surface area contributed by atoms with Crippen LogP contribution in [-0.2, 0) is 9.59 Å². The Morgan fingerprint density at radius 1 is 0.778 bits per heavy atom. The third-order valence-corrected chi connectivity index (χ3v) is 6.59. The van der Waals surface area contributed by atoms with Gasteiger partial charge in [0, 0.05) is 18.2 Å². The van der Waals surface area contributed by atoms with E-state index in [1.165, 1.54) is 14.2 Å². The second-order valence-corrected chi connectivity index (χ2v) is 8.96. The van der Waals surface area contributed by atoms with E-state index in [1.807, 2.05) is 4.90 Å². The molecule has 1 aliphatic rings. The van der Waals surface area contributed by atoms with E-state index in [9.17, 15) is 9.59 Å². The smallest absolute Gasteiger partial charge is 0.238 e. The first-order chi connectivity index (χ1) is 17.4. The van der Waals surface area contributed by atoms with Crippen molar-refractivity contribution in [2.75, 3.05) is 52.2 Å². The second-order valence-electron chi connectivity index (χ2n) is 8.96. The summed E-state index contributed by atoms with van der Waals surface area (Å²) in [6, 6.07) is 10.6. The van der Waals surface area contributed by atoms with Crippen molar-refractivity contribution in [2.24, 2.45) is 5.92 Å². The van der Waals surface area contributed by atoms with Crippen LogP contribution in [0.4, 0.5) is 11.4 Å². The molecule has 0 aromatic heterocycles. The van der Waals surface area contributed by atoms with Crippen LogP contribution in [0.15, 0.2) is 36.4 Å². The summed E-state index contributed by atoms with van der Waals surface area (Å²) in [7, 11) is 6.22. The molecule has 196 valence electrons. The normalized spacial score (nSPS) is 17.3. The van der Waals surface area contributed by atoms with Crippen molar-refractivity contribution in [3.63, 3.8) is 0 Å². The zero-order chi connectivity index (χ0) is 26.1. The molecule has 0 saturated heterocycles. The van der Waals surface area contributed by atoms with Gasteiger partial charge in [0.2, 0.25) is 11.8 Å². The number of hydrogen-bond donors (Lipinski definition) is 2. The van der Waals surface area contributed by atoms with Crippen LogP contribution in [0.3, 0.4) is 0 Å². The van der Waals surface area contributed by atoms with Crippen LogP contribution < -0.4 is 29.6 Å². The van der Waals surface area contributed by atoms with Gasteiger partial charge < -0.3 is 29.6 Å². The van der Waals surface area contributed by atoms with Gasteiger partial charge in [0.15, 0.2) is 0 Å². The van der Waals surface area contributed by atoms with Gasteiger partial charge in [-0.2, -0.15) is 0 Å². The van der Waals surface area contributed by atoms with Crippen LogP contribution in [0, 0.1) is 5.92 Å². The van der Waals surface area contributed by atoms with E-state index < -0.39 is 0 Å². The summed E-state index contributed by atoms with van der Waals surface area (Å²) in [5, 5.41) is 5.85. The molecule has 2 amide bonds. The van der Waals surface area contributed by atoms with Crippen molar-refractivity contribution < 1.29 is 28.5 Å². The molecular weight excluding hydrogens is 462 g/mol. The number of carbonyl (C=O) groups is 2. The van der Waals surface area contributed by atoms with Gasteiger partial charge in [-0.05, 0) is 43.0 Å². The molecule has 9 heteroatoms. The molecule has 0 aliphatic heterocycles. The minimum Gasteiger partial charge on any atom is -0.497 e. The summed E-state index contributed by atoms with van der Waals surface area (Å²) in [4.78, 5) is 28.2. The summed E-state index contributed by atoms with van der Waals surface area (Å²) >= 11 is 0.